The van der Waals surface area contributed by atoms with Crippen LogP contribution in [0.1, 0.15) is 54.2 Å². The third kappa shape index (κ3) is 3.53. The first kappa shape index (κ1) is 16.4. The third-order valence-electron chi connectivity index (χ3n) is 4.69. The van der Waals surface area contributed by atoms with Crippen LogP contribution in [0, 0.1) is 0 Å². The van der Waals surface area contributed by atoms with Crippen LogP contribution in [0.3, 0.4) is 0 Å². The molecule has 24 heavy (non-hydrogen) atoms. The van der Waals surface area contributed by atoms with E-state index >= 15 is 0 Å². The number of carbonyl (C=O) groups is 2. The second-order valence-electron chi connectivity index (χ2n) is 6.45. The van der Waals surface area contributed by atoms with Crippen molar-refractivity contribution in [1.82, 2.24) is 0 Å². The number of hydrogen-bond acceptors (Lipinski definition) is 2. The number of nitrogens with one attached hydrogen (secondary N) is 1. The van der Waals surface area contributed by atoms with Crippen molar-refractivity contribution in [3.63, 3.8) is 0 Å². The zero-order chi connectivity index (χ0) is 17.1. The standard InChI is InChI=1S/C20H22N2O2/c1-14(22-12-11-17-5-3-4-6-18(17)13-22)20(24)21-19-9-7-16(8-10-19)15(2)23/h7-14H,3-6H2,1-2H3/p+1/t14-/m1/s1. The van der Waals surface area contributed by atoms with Crippen LogP contribution in [-0.4, -0.2) is 11.7 Å². The number of benzene rings is 1. The average Bonchev–Trinajstić information content (AvgIpc) is 2.61. The first-order valence-corrected chi connectivity index (χ1v) is 8.49. The second-order valence-corrected chi connectivity index (χ2v) is 6.45. The number of ketones is 1. The minimum atomic E-state index is -0.287. The van der Waals surface area contributed by atoms with Crippen LogP contribution in [0.2, 0.25) is 0 Å². The van der Waals surface area contributed by atoms with Gasteiger partial charge in [-0.05, 0) is 62.4 Å². The van der Waals surface area contributed by atoms with E-state index in [-0.39, 0.29) is 17.7 Å². The summed E-state index contributed by atoms with van der Waals surface area (Å²) in [7, 11) is 0. The number of pyridine rings is 1. The molecule has 124 valence electrons. The van der Waals surface area contributed by atoms with E-state index in [2.05, 4.69) is 17.6 Å². The Hall–Kier alpha value is -2.49. The fourth-order valence-electron chi connectivity index (χ4n) is 3.10. The van der Waals surface area contributed by atoms with Gasteiger partial charge in [0.25, 0.3) is 5.91 Å². The summed E-state index contributed by atoms with van der Waals surface area (Å²) in [5.74, 6) is -0.0443. The monoisotopic (exact) mass is 323 g/mol. The van der Waals surface area contributed by atoms with Crippen molar-refractivity contribution in [3.05, 3.63) is 59.4 Å². The number of carbonyl (C=O) groups excluding carboxylic acids is 2. The molecule has 0 bridgehead atoms. The lowest BCUT2D eigenvalue weighted by Crippen LogP contribution is -2.44. The Morgan fingerprint density at radius 1 is 1.04 bits per heavy atom. The largest absolute Gasteiger partial charge is 0.320 e. The lowest BCUT2D eigenvalue weighted by Gasteiger charge is -2.15. The van der Waals surface area contributed by atoms with Gasteiger partial charge < -0.3 is 5.32 Å². The number of amides is 1. The summed E-state index contributed by atoms with van der Waals surface area (Å²) in [6.45, 7) is 3.43. The van der Waals surface area contributed by atoms with Gasteiger partial charge in [0.2, 0.25) is 6.04 Å². The first-order valence-electron chi connectivity index (χ1n) is 8.49. The van der Waals surface area contributed by atoms with Crippen molar-refractivity contribution in [2.24, 2.45) is 0 Å². The van der Waals surface area contributed by atoms with Crippen LogP contribution in [-0.2, 0) is 17.6 Å². The molecule has 1 aliphatic rings. The van der Waals surface area contributed by atoms with Crippen molar-refractivity contribution in [2.45, 2.75) is 45.6 Å². The molecular weight excluding hydrogens is 300 g/mol. The Bertz CT molecular complexity index is 766. The van der Waals surface area contributed by atoms with Crippen LogP contribution in [0.25, 0.3) is 0 Å². The van der Waals surface area contributed by atoms with Crippen LogP contribution < -0.4 is 9.88 Å². The summed E-state index contributed by atoms with van der Waals surface area (Å²) in [4.78, 5) is 23.8. The predicted octanol–water partition coefficient (Wildman–Crippen LogP) is 3.26. The van der Waals surface area contributed by atoms with Gasteiger partial charge in [0.1, 0.15) is 0 Å². The van der Waals surface area contributed by atoms with Crippen molar-refractivity contribution in [2.75, 3.05) is 5.32 Å². The molecule has 1 heterocycles. The minimum Gasteiger partial charge on any atom is -0.320 e. The SMILES string of the molecule is CC(=O)c1ccc(NC(=O)[C@@H](C)[n+]2ccc3c(c2)CCCC3)cc1. The number of aromatic nitrogens is 1. The van der Waals surface area contributed by atoms with Gasteiger partial charge in [-0.1, -0.05) is 0 Å². The van der Waals surface area contributed by atoms with Crippen LogP contribution in [0.4, 0.5) is 5.69 Å². The molecule has 1 aliphatic carbocycles. The molecule has 1 amide bonds. The van der Waals surface area contributed by atoms with E-state index in [4.69, 9.17) is 0 Å². The Morgan fingerprint density at radius 3 is 2.38 bits per heavy atom. The molecule has 1 N–H and O–H groups in total. The predicted molar refractivity (Wildman–Crippen MR) is 93.1 cm³/mol. The minimum absolute atomic E-state index is 0.0193. The molecular formula is C20H23N2O2+. The van der Waals surface area contributed by atoms with E-state index in [1.54, 1.807) is 24.3 Å². The zero-order valence-electron chi connectivity index (χ0n) is 14.2. The molecule has 1 aromatic carbocycles. The molecule has 0 radical (unpaired) electrons. The lowest BCUT2D eigenvalue weighted by atomic mass is 9.93. The van der Waals surface area contributed by atoms with E-state index in [0.29, 0.717) is 11.3 Å². The average molecular weight is 323 g/mol. The van der Waals surface area contributed by atoms with Gasteiger partial charge in [0, 0.05) is 29.8 Å². The first-order chi connectivity index (χ1) is 11.5. The molecule has 0 spiro atoms. The number of fused-ring (bicyclic) bond motifs is 1. The highest BCUT2D eigenvalue weighted by atomic mass is 16.2. The Balaban J connectivity index is 1.71. The highest BCUT2D eigenvalue weighted by Gasteiger charge is 2.24. The Kier molecular flexibility index (Phi) is 4.74. The molecule has 1 aromatic heterocycles. The highest BCUT2D eigenvalue weighted by molar-refractivity contribution is 5.96. The smallest absolute Gasteiger partial charge is 0.293 e. The van der Waals surface area contributed by atoms with Gasteiger partial charge in [-0.3, -0.25) is 9.59 Å². The fraction of sp³-hybridized carbons (Fsp3) is 0.350. The second kappa shape index (κ2) is 6.95. The summed E-state index contributed by atoms with van der Waals surface area (Å²) < 4.78 is 1.98. The van der Waals surface area contributed by atoms with Crippen LogP contribution >= 0.6 is 0 Å². The maximum Gasteiger partial charge on any atom is 0.293 e. The molecule has 4 heteroatoms. The molecule has 0 fully saturated rings. The van der Waals surface area contributed by atoms with Crippen molar-refractivity contribution >= 4 is 17.4 Å². The number of aryl methyl sites for hydroxylation is 2. The van der Waals surface area contributed by atoms with Gasteiger partial charge in [-0.15, -0.1) is 0 Å². The maximum absolute atomic E-state index is 12.5. The third-order valence-corrected chi connectivity index (χ3v) is 4.69. The van der Waals surface area contributed by atoms with E-state index in [9.17, 15) is 9.59 Å². The molecule has 1 atom stereocenters. The van der Waals surface area contributed by atoms with Crippen LogP contribution in [0.5, 0.6) is 0 Å². The number of rotatable bonds is 4. The summed E-state index contributed by atoms with van der Waals surface area (Å²) in [6.07, 6.45) is 8.81. The van der Waals surface area contributed by atoms with Crippen molar-refractivity contribution in [1.29, 1.82) is 0 Å². The molecule has 0 saturated heterocycles. The summed E-state index contributed by atoms with van der Waals surface area (Å²) >= 11 is 0. The lowest BCUT2D eigenvalue weighted by molar-refractivity contribution is -0.706. The molecule has 0 unspecified atom stereocenters. The number of anilines is 1. The molecule has 2 aromatic rings. The zero-order valence-corrected chi connectivity index (χ0v) is 14.2. The summed E-state index contributed by atoms with van der Waals surface area (Å²) in [6, 6.07) is 8.84. The normalized spacial score (nSPS) is 14.6. The van der Waals surface area contributed by atoms with Gasteiger partial charge in [-0.25, -0.2) is 0 Å². The Morgan fingerprint density at radius 2 is 1.71 bits per heavy atom. The maximum atomic E-state index is 12.5. The molecule has 4 nitrogen and oxygen atoms in total. The van der Waals surface area contributed by atoms with E-state index < -0.39 is 0 Å². The number of nitrogens with zero attached hydrogens (tertiary/aromatic N) is 1. The highest BCUT2D eigenvalue weighted by Crippen LogP contribution is 2.19. The van der Waals surface area contributed by atoms with E-state index in [1.807, 2.05) is 17.7 Å². The molecule has 0 aliphatic heterocycles. The van der Waals surface area contributed by atoms with Gasteiger partial charge >= 0.3 is 0 Å². The van der Waals surface area contributed by atoms with Gasteiger partial charge in [0.05, 0.1) is 0 Å². The molecule has 0 saturated carbocycles. The van der Waals surface area contributed by atoms with Gasteiger partial charge in [-0.2, -0.15) is 4.57 Å². The van der Waals surface area contributed by atoms with Crippen molar-refractivity contribution in [3.8, 4) is 0 Å². The van der Waals surface area contributed by atoms with Gasteiger partial charge in [0.15, 0.2) is 18.2 Å². The molecule has 3 rings (SSSR count). The van der Waals surface area contributed by atoms with Crippen molar-refractivity contribution < 1.29 is 14.2 Å². The number of hydrogen-bond donors (Lipinski definition) is 1. The van der Waals surface area contributed by atoms with E-state index in [1.165, 1.54) is 30.9 Å². The fourth-order valence-corrected chi connectivity index (χ4v) is 3.10. The van der Waals surface area contributed by atoms with Crippen LogP contribution in [0.15, 0.2) is 42.7 Å². The number of Topliss-reactive ketones (excluding diaryl/α,β-unsaturated/α-hetero) is 1. The summed E-state index contributed by atoms with van der Waals surface area (Å²) in [5, 5.41) is 2.92. The Labute approximate surface area is 142 Å². The van der Waals surface area contributed by atoms with E-state index in [0.717, 1.165) is 12.8 Å². The summed E-state index contributed by atoms with van der Waals surface area (Å²) in [5.41, 5.74) is 4.11. The quantitative estimate of drug-likeness (QED) is 0.693. The topological polar surface area (TPSA) is 50.1 Å².